The van der Waals surface area contributed by atoms with Gasteiger partial charge in [0, 0.05) is 19.3 Å². The largest absolute Gasteiger partial charge is 0.505 e. The van der Waals surface area contributed by atoms with Crippen LogP contribution in [0.15, 0.2) is 12.1 Å². The van der Waals surface area contributed by atoms with E-state index in [2.05, 4.69) is 95.2 Å². The second kappa shape index (κ2) is 13.0. The Morgan fingerprint density at radius 1 is 0.571 bits per heavy atom. The molecule has 42 heavy (non-hydrogen) atoms. The third-order valence-corrected chi connectivity index (χ3v) is 12.8. The van der Waals surface area contributed by atoms with Crippen LogP contribution in [0.5, 0.6) is 0 Å². The van der Waals surface area contributed by atoms with E-state index in [0.717, 1.165) is 0 Å². The van der Waals surface area contributed by atoms with E-state index < -0.39 is 0 Å². The molecule has 2 aliphatic rings. The van der Waals surface area contributed by atoms with Gasteiger partial charge in [0.05, 0.1) is 22.4 Å². The fourth-order valence-corrected chi connectivity index (χ4v) is 8.39. The molecule has 8 heteroatoms. The van der Waals surface area contributed by atoms with Crippen molar-refractivity contribution in [1.29, 1.82) is 0 Å². The summed E-state index contributed by atoms with van der Waals surface area (Å²) in [6.07, 6.45) is 9.87. The van der Waals surface area contributed by atoms with Crippen LogP contribution in [0.3, 0.4) is 0 Å². The second-order valence-electron chi connectivity index (χ2n) is 14.8. The summed E-state index contributed by atoms with van der Waals surface area (Å²) in [6.45, 7) is 26.5. The van der Waals surface area contributed by atoms with Crippen molar-refractivity contribution in [1.82, 2.24) is 0 Å². The second-order valence-corrected chi connectivity index (χ2v) is 17.0. The minimum atomic E-state index is -0.363. The first kappa shape index (κ1) is 34.2. The lowest BCUT2D eigenvalue weighted by atomic mass is 9.80. The van der Waals surface area contributed by atoms with Crippen LogP contribution in [0.4, 0.5) is 0 Å². The highest BCUT2D eigenvalue weighted by atomic mass is 32.1. The summed E-state index contributed by atoms with van der Waals surface area (Å²) in [6, 6.07) is 4.88. The third-order valence-electron chi connectivity index (χ3n) is 10.3. The monoisotopic (exact) mass is 614 g/mol. The van der Waals surface area contributed by atoms with Gasteiger partial charge in [-0.15, -0.1) is 22.7 Å². The SMILES string of the molecule is CCCCCC(C)c1cc(-c2cc(C(C)CCCCC)c(B3OC(C)(C)C(C)(C)O3)s2)sc1B1OC(C)(C)C(C)(C)O1. The Morgan fingerprint density at radius 2 is 0.881 bits per heavy atom. The third kappa shape index (κ3) is 6.94. The van der Waals surface area contributed by atoms with Gasteiger partial charge >= 0.3 is 14.2 Å². The lowest BCUT2D eigenvalue weighted by Gasteiger charge is -2.32. The number of rotatable bonds is 13. The normalized spacial score (nSPS) is 22.2. The highest BCUT2D eigenvalue weighted by Crippen LogP contribution is 2.43. The first-order chi connectivity index (χ1) is 19.5. The number of hydrogen-bond donors (Lipinski definition) is 0. The molecule has 2 aromatic rings. The summed E-state index contributed by atoms with van der Waals surface area (Å²) in [5.41, 5.74) is 1.31. The standard InChI is InChI=1S/C34H56B2O4S2/c1-13-15-17-19-23(3)25-21-27(41-29(25)35-37-31(5,6)32(7,8)38-35)28-22-26(24(4)20-18-16-14-2)30(42-28)36-39-33(9,10)34(11,12)40-36/h21-24H,13-20H2,1-12H3. The van der Waals surface area contributed by atoms with Crippen molar-refractivity contribution in [2.45, 2.75) is 169 Å². The van der Waals surface area contributed by atoms with Crippen molar-refractivity contribution < 1.29 is 18.6 Å². The van der Waals surface area contributed by atoms with E-state index in [0.29, 0.717) is 11.8 Å². The molecule has 0 saturated carbocycles. The van der Waals surface area contributed by atoms with Crippen molar-refractivity contribution in [2.24, 2.45) is 0 Å². The molecule has 0 aromatic carbocycles. The number of thiophene rings is 2. The van der Waals surface area contributed by atoms with E-state index in [9.17, 15) is 0 Å². The quantitative estimate of drug-likeness (QED) is 0.166. The number of hydrogen-bond acceptors (Lipinski definition) is 6. The molecular formula is C34H56B2O4S2. The molecule has 0 amide bonds. The van der Waals surface area contributed by atoms with Gasteiger partial charge in [0.1, 0.15) is 0 Å². The van der Waals surface area contributed by atoms with Crippen molar-refractivity contribution >= 4 is 46.5 Å². The molecule has 2 saturated heterocycles. The first-order valence-corrected chi connectivity index (χ1v) is 18.2. The lowest BCUT2D eigenvalue weighted by Crippen LogP contribution is -2.41. The molecule has 2 aromatic heterocycles. The summed E-state index contributed by atoms with van der Waals surface area (Å²) in [5.74, 6) is 0.899. The van der Waals surface area contributed by atoms with Gasteiger partial charge < -0.3 is 18.6 Å². The zero-order valence-electron chi connectivity index (χ0n) is 28.6. The van der Waals surface area contributed by atoms with E-state index in [4.69, 9.17) is 18.6 Å². The van der Waals surface area contributed by atoms with E-state index in [1.54, 1.807) is 0 Å². The van der Waals surface area contributed by atoms with E-state index in [-0.39, 0.29) is 36.6 Å². The minimum absolute atomic E-state index is 0.340. The molecule has 0 N–H and O–H groups in total. The number of unbranched alkanes of at least 4 members (excludes halogenated alkanes) is 4. The maximum Gasteiger partial charge on any atom is 0.505 e. The van der Waals surface area contributed by atoms with Crippen molar-refractivity contribution in [2.75, 3.05) is 0 Å². The average molecular weight is 615 g/mol. The highest BCUT2D eigenvalue weighted by Gasteiger charge is 2.54. The van der Waals surface area contributed by atoms with Gasteiger partial charge in [-0.2, -0.15) is 0 Å². The van der Waals surface area contributed by atoms with Gasteiger partial charge in [0.2, 0.25) is 0 Å². The maximum absolute atomic E-state index is 6.62. The van der Waals surface area contributed by atoms with Crippen molar-refractivity contribution in [3.8, 4) is 9.75 Å². The molecular weight excluding hydrogens is 558 g/mol. The van der Waals surface area contributed by atoms with E-state index in [1.807, 2.05) is 22.7 Å². The highest BCUT2D eigenvalue weighted by molar-refractivity contribution is 7.31. The predicted octanol–water partition coefficient (Wildman–Crippen LogP) is 9.44. The van der Waals surface area contributed by atoms with Gasteiger partial charge in [-0.1, -0.05) is 66.2 Å². The Balaban J connectivity index is 1.75. The maximum atomic E-state index is 6.62. The van der Waals surface area contributed by atoms with Gasteiger partial charge in [-0.25, -0.2) is 0 Å². The van der Waals surface area contributed by atoms with E-state index >= 15 is 0 Å². The van der Waals surface area contributed by atoms with Crippen LogP contribution in [-0.4, -0.2) is 36.6 Å². The molecule has 2 unspecified atom stereocenters. The van der Waals surface area contributed by atoms with Crippen molar-refractivity contribution in [3.05, 3.63) is 23.3 Å². The van der Waals surface area contributed by atoms with Gasteiger partial charge in [-0.05, 0) is 103 Å². The average Bonchev–Trinajstić information content (AvgIpc) is 3.61. The summed E-state index contributed by atoms with van der Waals surface area (Å²) < 4.78 is 28.9. The smallest absolute Gasteiger partial charge is 0.399 e. The summed E-state index contributed by atoms with van der Waals surface area (Å²) in [4.78, 5) is 2.60. The molecule has 2 atom stereocenters. The van der Waals surface area contributed by atoms with Gasteiger partial charge in [0.15, 0.2) is 0 Å². The summed E-state index contributed by atoms with van der Waals surface area (Å²) >= 11 is 3.71. The zero-order chi connectivity index (χ0) is 31.1. The lowest BCUT2D eigenvalue weighted by molar-refractivity contribution is 0.00578. The molecule has 2 aliphatic heterocycles. The Morgan fingerprint density at radius 3 is 1.17 bits per heavy atom. The summed E-state index contributed by atoms with van der Waals surface area (Å²) in [7, 11) is -0.681. The molecule has 2 fully saturated rings. The van der Waals surface area contributed by atoms with Crippen LogP contribution in [0.2, 0.25) is 0 Å². The van der Waals surface area contributed by atoms with Crippen LogP contribution in [0.25, 0.3) is 9.75 Å². The Hall–Kier alpha value is -0.630. The molecule has 0 aliphatic carbocycles. The van der Waals surface area contributed by atoms with Crippen LogP contribution in [0, 0.1) is 0 Å². The minimum Gasteiger partial charge on any atom is -0.399 e. The fraction of sp³-hybridized carbons (Fsp3) is 0.765. The first-order valence-electron chi connectivity index (χ1n) is 16.5. The van der Waals surface area contributed by atoms with Crippen LogP contribution in [-0.2, 0) is 18.6 Å². The predicted molar refractivity (Wildman–Crippen MR) is 184 cm³/mol. The molecule has 4 rings (SSSR count). The Kier molecular flexibility index (Phi) is 10.6. The topological polar surface area (TPSA) is 36.9 Å². The molecule has 4 nitrogen and oxygen atoms in total. The molecule has 0 bridgehead atoms. The fourth-order valence-electron chi connectivity index (χ4n) is 5.83. The van der Waals surface area contributed by atoms with Crippen LogP contribution < -0.4 is 9.55 Å². The molecule has 4 heterocycles. The van der Waals surface area contributed by atoms with Crippen molar-refractivity contribution in [3.63, 3.8) is 0 Å². The van der Waals surface area contributed by atoms with Crippen LogP contribution >= 0.6 is 22.7 Å². The van der Waals surface area contributed by atoms with Gasteiger partial charge in [0.25, 0.3) is 0 Å². The molecule has 0 radical (unpaired) electrons. The zero-order valence-corrected chi connectivity index (χ0v) is 30.2. The van der Waals surface area contributed by atoms with Crippen LogP contribution in [0.1, 0.15) is 157 Å². The van der Waals surface area contributed by atoms with Gasteiger partial charge in [-0.3, -0.25) is 0 Å². The molecule has 0 spiro atoms. The summed E-state index contributed by atoms with van der Waals surface area (Å²) in [5, 5.41) is 0. The van der Waals surface area contributed by atoms with E-state index in [1.165, 1.54) is 81.8 Å². The Labute approximate surface area is 265 Å². The molecule has 234 valence electrons. The Bertz CT molecular complexity index is 1070.